The fraction of sp³-hybridized carbons (Fsp3) is 0.105. The number of hydrogen-bond acceptors (Lipinski definition) is 6. The molecule has 28 heavy (non-hydrogen) atoms. The summed E-state index contributed by atoms with van der Waals surface area (Å²) in [6.07, 6.45) is 1.49. The Bertz CT molecular complexity index is 1150. The van der Waals surface area contributed by atoms with Gasteiger partial charge in [-0.25, -0.2) is 4.39 Å². The van der Waals surface area contributed by atoms with Gasteiger partial charge in [-0.1, -0.05) is 24.3 Å². The first-order valence-corrected chi connectivity index (χ1v) is 8.68. The van der Waals surface area contributed by atoms with Crippen LogP contribution in [0.1, 0.15) is 11.3 Å². The Morgan fingerprint density at radius 3 is 2.75 bits per heavy atom. The van der Waals surface area contributed by atoms with Crippen LogP contribution in [0.25, 0.3) is 16.9 Å². The lowest BCUT2D eigenvalue weighted by atomic mass is 9.78. The molecule has 0 fully saturated rings. The molecule has 0 spiro atoms. The topological polar surface area (TPSA) is 96.1 Å². The molecule has 0 aliphatic rings. The Hall–Kier alpha value is -3.30. The van der Waals surface area contributed by atoms with Gasteiger partial charge in [0.15, 0.2) is 5.82 Å². The maximum atomic E-state index is 13.3. The molecule has 0 aliphatic carbocycles. The molecule has 7 nitrogen and oxygen atoms in total. The van der Waals surface area contributed by atoms with Crippen LogP contribution >= 0.6 is 0 Å². The fourth-order valence-electron chi connectivity index (χ4n) is 3.19. The first-order chi connectivity index (χ1) is 13.5. The van der Waals surface area contributed by atoms with Crippen LogP contribution in [0.15, 0.2) is 54.7 Å². The Morgan fingerprint density at radius 2 is 1.96 bits per heavy atom. The second kappa shape index (κ2) is 7.38. The molecule has 0 aliphatic heterocycles. The zero-order valence-corrected chi connectivity index (χ0v) is 15.0. The summed E-state index contributed by atoms with van der Waals surface area (Å²) in [4.78, 5) is 4.50. The number of hydrogen-bond donors (Lipinski definition) is 3. The second-order valence-corrected chi connectivity index (χ2v) is 6.40. The summed E-state index contributed by atoms with van der Waals surface area (Å²) in [5.41, 5.74) is 2.76. The van der Waals surface area contributed by atoms with Gasteiger partial charge in [-0.15, -0.1) is 5.10 Å². The number of benzene rings is 2. The van der Waals surface area contributed by atoms with Crippen LogP contribution in [-0.4, -0.2) is 36.9 Å². The molecule has 0 saturated carbocycles. The van der Waals surface area contributed by atoms with Crippen molar-refractivity contribution in [2.45, 2.75) is 13.5 Å². The summed E-state index contributed by atoms with van der Waals surface area (Å²) in [6, 6.07) is 13.4. The summed E-state index contributed by atoms with van der Waals surface area (Å²) >= 11 is 0. The normalized spacial score (nSPS) is 11.0. The van der Waals surface area contributed by atoms with E-state index in [2.05, 4.69) is 20.5 Å². The van der Waals surface area contributed by atoms with Crippen LogP contribution in [0.5, 0.6) is 0 Å². The summed E-state index contributed by atoms with van der Waals surface area (Å²) in [7, 11) is -1.57. The zero-order chi connectivity index (χ0) is 19.7. The Labute approximate surface area is 160 Å². The molecule has 4 aromatic rings. The lowest BCUT2D eigenvalue weighted by Gasteiger charge is -2.09. The van der Waals surface area contributed by atoms with Crippen LogP contribution in [-0.2, 0) is 6.54 Å². The van der Waals surface area contributed by atoms with Crippen LogP contribution in [0.4, 0.5) is 10.2 Å². The van der Waals surface area contributed by atoms with Gasteiger partial charge in [0.05, 0.1) is 11.7 Å². The van der Waals surface area contributed by atoms with Gasteiger partial charge < -0.3 is 15.4 Å². The molecule has 0 atom stereocenters. The molecule has 4 rings (SSSR count). The number of halogens is 1. The van der Waals surface area contributed by atoms with E-state index < -0.39 is 7.12 Å². The average molecular weight is 377 g/mol. The highest BCUT2D eigenvalue weighted by Gasteiger charge is 2.19. The Morgan fingerprint density at radius 1 is 1.14 bits per heavy atom. The molecule has 9 heteroatoms. The van der Waals surface area contributed by atoms with E-state index in [0.717, 1.165) is 16.8 Å². The maximum absolute atomic E-state index is 13.3. The number of nitrogens with one attached hydrogen (secondary N) is 1. The van der Waals surface area contributed by atoms with Crippen molar-refractivity contribution in [3.05, 3.63) is 71.8 Å². The molecule has 2 aromatic carbocycles. The predicted octanol–water partition coefficient (Wildman–Crippen LogP) is 1.55. The summed E-state index contributed by atoms with van der Waals surface area (Å²) in [5.74, 6) is 0.548. The third kappa shape index (κ3) is 3.45. The van der Waals surface area contributed by atoms with E-state index in [1.54, 1.807) is 22.8 Å². The molecule has 0 radical (unpaired) electrons. The quantitative estimate of drug-likeness (QED) is 0.457. The number of anilines is 1. The minimum absolute atomic E-state index is 0.294. The summed E-state index contributed by atoms with van der Waals surface area (Å²) in [5, 5.41) is 31.1. The lowest BCUT2D eigenvalue weighted by molar-refractivity contribution is 0.426. The average Bonchev–Trinajstić information content (AvgIpc) is 3.02. The number of nitrogens with zero attached hydrogens (tertiary/aromatic N) is 4. The van der Waals surface area contributed by atoms with Crippen molar-refractivity contribution in [1.29, 1.82) is 0 Å². The van der Waals surface area contributed by atoms with Crippen molar-refractivity contribution in [2.24, 2.45) is 0 Å². The maximum Gasteiger partial charge on any atom is 0.489 e. The van der Waals surface area contributed by atoms with Gasteiger partial charge >= 0.3 is 7.12 Å². The Kier molecular flexibility index (Phi) is 4.76. The van der Waals surface area contributed by atoms with Gasteiger partial charge in [0, 0.05) is 17.6 Å². The van der Waals surface area contributed by atoms with Crippen molar-refractivity contribution in [1.82, 2.24) is 19.7 Å². The van der Waals surface area contributed by atoms with E-state index >= 15 is 0 Å². The van der Waals surface area contributed by atoms with Gasteiger partial charge in [-0.3, -0.25) is 4.57 Å². The third-order valence-corrected chi connectivity index (χ3v) is 4.45. The first-order valence-electron chi connectivity index (χ1n) is 8.68. The van der Waals surface area contributed by atoms with E-state index in [1.165, 1.54) is 18.3 Å². The predicted molar refractivity (Wildman–Crippen MR) is 105 cm³/mol. The molecule has 2 heterocycles. The molecular formula is C19H17BFN5O2. The van der Waals surface area contributed by atoms with Crippen molar-refractivity contribution in [2.75, 3.05) is 5.32 Å². The minimum atomic E-state index is -1.57. The highest BCUT2D eigenvalue weighted by molar-refractivity contribution is 6.61. The molecule has 140 valence electrons. The van der Waals surface area contributed by atoms with Gasteiger partial charge in [-0.2, -0.15) is 10.1 Å². The van der Waals surface area contributed by atoms with Crippen LogP contribution in [0.3, 0.4) is 0 Å². The smallest absolute Gasteiger partial charge is 0.423 e. The van der Waals surface area contributed by atoms with Crippen molar-refractivity contribution in [3.8, 4) is 5.95 Å². The molecule has 0 saturated heterocycles. The van der Waals surface area contributed by atoms with Crippen molar-refractivity contribution >= 4 is 29.3 Å². The number of fused-ring (bicyclic) bond motifs is 1. The van der Waals surface area contributed by atoms with Crippen LogP contribution in [0, 0.1) is 12.7 Å². The molecule has 2 aromatic heterocycles. The van der Waals surface area contributed by atoms with Gasteiger partial charge in [0.1, 0.15) is 5.82 Å². The van der Waals surface area contributed by atoms with E-state index in [0.29, 0.717) is 29.2 Å². The second-order valence-electron chi connectivity index (χ2n) is 6.40. The van der Waals surface area contributed by atoms with E-state index in [-0.39, 0.29) is 5.82 Å². The number of aryl methyl sites for hydroxylation is 1. The monoisotopic (exact) mass is 377 g/mol. The molecule has 0 bridgehead atoms. The van der Waals surface area contributed by atoms with E-state index in [9.17, 15) is 14.4 Å². The van der Waals surface area contributed by atoms with Gasteiger partial charge in [-0.05, 0) is 42.2 Å². The van der Waals surface area contributed by atoms with E-state index in [1.807, 2.05) is 25.1 Å². The third-order valence-electron chi connectivity index (χ3n) is 4.45. The first kappa shape index (κ1) is 18.1. The SMILES string of the molecule is Cc1cc2c(B(O)O)cccc2n1-c1nncc(NCc2cccc(F)c2)n1. The van der Waals surface area contributed by atoms with Crippen molar-refractivity contribution < 1.29 is 14.4 Å². The summed E-state index contributed by atoms with van der Waals surface area (Å²) in [6.45, 7) is 2.27. The molecule has 0 amide bonds. The van der Waals surface area contributed by atoms with E-state index in [4.69, 9.17) is 0 Å². The molecule has 0 unspecified atom stereocenters. The standard InChI is InChI=1S/C19H17BFN5O2/c1-12-8-15-16(20(27)28)6-3-7-17(15)26(12)19-24-18(11-23-25-19)22-10-13-4-2-5-14(21)9-13/h2-9,11,27-28H,10H2,1H3,(H,22,24,25). The van der Waals surface area contributed by atoms with Gasteiger partial charge in [0.2, 0.25) is 0 Å². The van der Waals surface area contributed by atoms with Crippen LogP contribution < -0.4 is 10.8 Å². The lowest BCUT2D eigenvalue weighted by Crippen LogP contribution is -2.30. The summed E-state index contributed by atoms with van der Waals surface area (Å²) < 4.78 is 15.1. The highest BCUT2D eigenvalue weighted by atomic mass is 19.1. The van der Waals surface area contributed by atoms with Crippen LogP contribution in [0.2, 0.25) is 0 Å². The largest absolute Gasteiger partial charge is 0.489 e. The number of rotatable bonds is 5. The molecule has 3 N–H and O–H groups in total. The van der Waals surface area contributed by atoms with Crippen molar-refractivity contribution in [3.63, 3.8) is 0 Å². The fourth-order valence-corrected chi connectivity index (χ4v) is 3.19. The van der Waals surface area contributed by atoms with Gasteiger partial charge in [0.25, 0.3) is 5.95 Å². The Balaban J connectivity index is 1.68. The zero-order valence-electron chi connectivity index (χ0n) is 15.0. The molecular weight excluding hydrogens is 360 g/mol. The highest BCUT2D eigenvalue weighted by Crippen LogP contribution is 2.21. The minimum Gasteiger partial charge on any atom is -0.423 e. The number of aromatic nitrogens is 4.